The number of fused-ring (bicyclic) bond motifs is 1. The van der Waals surface area contributed by atoms with Gasteiger partial charge in [0.2, 0.25) is 0 Å². The van der Waals surface area contributed by atoms with Crippen molar-refractivity contribution in [3.05, 3.63) is 52.0 Å². The fourth-order valence-electron chi connectivity index (χ4n) is 2.82. The van der Waals surface area contributed by atoms with Crippen molar-refractivity contribution in [3.63, 3.8) is 0 Å². The third-order valence-corrected chi connectivity index (χ3v) is 5.43. The van der Waals surface area contributed by atoms with E-state index in [1.165, 1.54) is 11.3 Å². The van der Waals surface area contributed by atoms with Crippen LogP contribution in [-0.2, 0) is 0 Å². The zero-order valence-corrected chi connectivity index (χ0v) is 13.3. The van der Waals surface area contributed by atoms with Crippen LogP contribution in [0.2, 0.25) is 5.02 Å². The van der Waals surface area contributed by atoms with Gasteiger partial charge in [-0.15, -0.1) is 11.3 Å². The van der Waals surface area contributed by atoms with Crippen molar-refractivity contribution < 1.29 is 0 Å². The molecule has 1 aliphatic rings. The second kappa shape index (κ2) is 5.50. The first-order chi connectivity index (χ1) is 10.7. The van der Waals surface area contributed by atoms with Gasteiger partial charge in [-0.1, -0.05) is 23.7 Å². The lowest BCUT2D eigenvalue weighted by Crippen LogP contribution is -2.25. The van der Waals surface area contributed by atoms with Crippen molar-refractivity contribution >= 4 is 33.2 Å². The Morgan fingerprint density at radius 1 is 1.32 bits per heavy atom. The molecule has 4 nitrogen and oxygen atoms in total. The van der Waals surface area contributed by atoms with Crippen LogP contribution in [0.25, 0.3) is 20.7 Å². The van der Waals surface area contributed by atoms with Crippen molar-refractivity contribution in [3.8, 4) is 10.4 Å². The summed E-state index contributed by atoms with van der Waals surface area (Å²) in [5.41, 5.74) is 1.88. The van der Waals surface area contributed by atoms with Crippen LogP contribution >= 0.6 is 22.9 Å². The van der Waals surface area contributed by atoms with Crippen LogP contribution in [0.3, 0.4) is 0 Å². The molecule has 1 aromatic carbocycles. The van der Waals surface area contributed by atoms with E-state index in [2.05, 4.69) is 10.3 Å². The lowest BCUT2D eigenvalue weighted by Gasteiger charge is -2.11. The van der Waals surface area contributed by atoms with E-state index in [1.807, 2.05) is 30.3 Å². The third kappa shape index (κ3) is 2.35. The van der Waals surface area contributed by atoms with Crippen LogP contribution in [0.5, 0.6) is 0 Å². The van der Waals surface area contributed by atoms with E-state index in [0.717, 1.165) is 40.2 Å². The molecule has 22 heavy (non-hydrogen) atoms. The highest BCUT2D eigenvalue weighted by Crippen LogP contribution is 2.31. The summed E-state index contributed by atoms with van der Waals surface area (Å²) < 4.78 is 2.49. The molecule has 0 amide bonds. The van der Waals surface area contributed by atoms with Crippen LogP contribution in [-0.4, -0.2) is 22.6 Å². The normalized spacial score (nSPS) is 18.1. The predicted molar refractivity (Wildman–Crippen MR) is 90.8 cm³/mol. The van der Waals surface area contributed by atoms with Crippen molar-refractivity contribution in [1.29, 1.82) is 0 Å². The van der Waals surface area contributed by atoms with Gasteiger partial charge in [-0.3, -0.25) is 9.36 Å². The smallest absolute Gasteiger partial charge is 0.271 e. The van der Waals surface area contributed by atoms with Gasteiger partial charge in [0, 0.05) is 16.4 Å². The van der Waals surface area contributed by atoms with Gasteiger partial charge in [0.05, 0.1) is 17.9 Å². The summed E-state index contributed by atoms with van der Waals surface area (Å²) in [6, 6.07) is 9.83. The molecule has 0 bridgehead atoms. The van der Waals surface area contributed by atoms with E-state index in [0.29, 0.717) is 5.02 Å². The Labute approximate surface area is 136 Å². The van der Waals surface area contributed by atoms with E-state index in [-0.39, 0.29) is 11.6 Å². The van der Waals surface area contributed by atoms with Crippen molar-refractivity contribution in [1.82, 2.24) is 14.9 Å². The minimum Gasteiger partial charge on any atom is -0.315 e. The number of nitrogens with zero attached hydrogens (tertiary/aromatic N) is 2. The SMILES string of the molecule is O=c1c2sc(-c3ccc(Cl)cc3)cc2ncn1[C@H]1CCNC1. The van der Waals surface area contributed by atoms with Gasteiger partial charge in [0.25, 0.3) is 5.56 Å². The number of nitrogens with one attached hydrogen (secondary N) is 1. The molecule has 0 aliphatic carbocycles. The summed E-state index contributed by atoms with van der Waals surface area (Å²) in [7, 11) is 0. The maximum atomic E-state index is 12.7. The summed E-state index contributed by atoms with van der Waals surface area (Å²) in [6.07, 6.45) is 2.66. The van der Waals surface area contributed by atoms with Gasteiger partial charge >= 0.3 is 0 Å². The Balaban J connectivity index is 1.82. The molecule has 3 aromatic rings. The zero-order chi connectivity index (χ0) is 15.1. The summed E-state index contributed by atoms with van der Waals surface area (Å²) in [5.74, 6) is 0. The molecule has 3 heterocycles. The largest absolute Gasteiger partial charge is 0.315 e. The van der Waals surface area contributed by atoms with Crippen LogP contribution in [0, 0.1) is 0 Å². The Morgan fingerprint density at radius 2 is 2.14 bits per heavy atom. The van der Waals surface area contributed by atoms with E-state index in [1.54, 1.807) is 10.9 Å². The molecule has 0 saturated carbocycles. The molecule has 112 valence electrons. The maximum absolute atomic E-state index is 12.7. The fraction of sp³-hybridized carbons (Fsp3) is 0.250. The number of hydrogen-bond acceptors (Lipinski definition) is 4. The topological polar surface area (TPSA) is 46.9 Å². The molecular weight excluding hydrogens is 318 g/mol. The number of rotatable bonds is 2. The second-order valence-electron chi connectivity index (χ2n) is 5.44. The number of hydrogen-bond donors (Lipinski definition) is 1. The first kappa shape index (κ1) is 13.9. The van der Waals surface area contributed by atoms with Crippen molar-refractivity contribution in [2.45, 2.75) is 12.5 Å². The summed E-state index contributed by atoms with van der Waals surface area (Å²) in [6.45, 7) is 1.79. The molecule has 1 saturated heterocycles. The highest BCUT2D eigenvalue weighted by molar-refractivity contribution is 7.22. The van der Waals surface area contributed by atoms with Crippen LogP contribution in [0.1, 0.15) is 12.5 Å². The zero-order valence-electron chi connectivity index (χ0n) is 11.8. The average Bonchev–Trinajstić information content (AvgIpc) is 3.17. The first-order valence-electron chi connectivity index (χ1n) is 7.20. The lowest BCUT2D eigenvalue weighted by atomic mass is 10.2. The summed E-state index contributed by atoms with van der Waals surface area (Å²) in [4.78, 5) is 18.2. The highest BCUT2D eigenvalue weighted by Gasteiger charge is 2.19. The predicted octanol–water partition coefficient (Wildman–Crippen LogP) is 3.31. The van der Waals surface area contributed by atoms with Crippen LogP contribution < -0.4 is 10.9 Å². The number of benzene rings is 1. The number of thiophene rings is 1. The standard InChI is InChI=1S/C16H14ClN3OS/c17-11-3-1-10(2-4-11)14-7-13-15(22-14)16(21)20(9-19-13)12-5-6-18-8-12/h1-4,7,9,12,18H,5-6,8H2/t12-/m0/s1. The van der Waals surface area contributed by atoms with Crippen LogP contribution in [0.4, 0.5) is 0 Å². The molecule has 1 aliphatic heterocycles. The first-order valence-corrected chi connectivity index (χ1v) is 8.39. The van der Waals surface area contributed by atoms with Crippen molar-refractivity contribution in [2.24, 2.45) is 0 Å². The quantitative estimate of drug-likeness (QED) is 0.783. The minimum atomic E-state index is 0.0592. The van der Waals surface area contributed by atoms with Gasteiger partial charge in [-0.05, 0) is 36.7 Å². The molecule has 1 atom stereocenters. The summed E-state index contributed by atoms with van der Waals surface area (Å²) >= 11 is 7.42. The lowest BCUT2D eigenvalue weighted by molar-refractivity contribution is 0.526. The van der Waals surface area contributed by atoms with E-state index < -0.39 is 0 Å². The van der Waals surface area contributed by atoms with Crippen molar-refractivity contribution in [2.75, 3.05) is 13.1 Å². The molecule has 1 N–H and O–H groups in total. The fourth-order valence-corrected chi connectivity index (χ4v) is 4.00. The molecule has 0 spiro atoms. The Morgan fingerprint density at radius 3 is 2.86 bits per heavy atom. The third-order valence-electron chi connectivity index (χ3n) is 4.02. The molecule has 2 aromatic heterocycles. The number of aromatic nitrogens is 2. The highest BCUT2D eigenvalue weighted by atomic mass is 35.5. The van der Waals surface area contributed by atoms with Gasteiger partial charge in [-0.2, -0.15) is 0 Å². The van der Waals surface area contributed by atoms with Gasteiger partial charge in [-0.25, -0.2) is 4.98 Å². The Bertz CT molecular complexity index is 879. The molecule has 0 unspecified atom stereocenters. The maximum Gasteiger partial charge on any atom is 0.271 e. The molecule has 4 rings (SSSR count). The molecule has 0 radical (unpaired) electrons. The van der Waals surface area contributed by atoms with E-state index in [9.17, 15) is 4.79 Å². The van der Waals surface area contributed by atoms with E-state index >= 15 is 0 Å². The van der Waals surface area contributed by atoms with Gasteiger partial charge in [0.1, 0.15) is 4.70 Å². The Kier molecular flexibility index (Phi) is 3.48. The Hall–Kier alpha value is -1.69. The minimum absolute atomic E-state index is 0.0592. The van der Waals surface area contributed by atoms with Gasteiger partial charge in [0.15, 0.2) is 0 Å². The van der Waals surface area contributed by atoms with Gasteiger partial charge < -0.3 is 5.32 Å². The molecule has 1 fully saturated rings. The molecule has 6 heteroatoms. The second-order valence-corrected chi connectivity index (χ2v) is 6.92. The molecular formula is C16H14ClN3OS. The monoisotopic (exact) mass is 331 g/mol. The van der Waals surface area contributed by atoms with Crippen LogP contribution in [0.15, 0.2) is 41.5 Å². The number of halogens is 1. The van der Waals surface area contributed by atoms with E-state index in [4.69, 9.17) is 11.6 Å². The summed E-state index contributed by atoms with van der Waals surface area (Å²) in [5, 5.41) is 3.99. The average molecular weight is 332 g/mol.